The van der Waals surface area contributed by atoms with Gasteiger partial charge in [0.2, 0.25) is 5.91 Å². The fourth-order valence-electron chi connectivity index (χ4n) is 6.41. The van der Waals surface area contributed by atoms with Crippen LogP contribution in [0.2, 0.25) is 0 Å². The third-order valence-electron chi connectivity index (χ3n) is 8.55. The first kappa shape index (κ1) is 24.4. The van der Waals surface area contributed by atoms with Crippen molar-refractivity contribution in [2.75, 3.05) is 44.7 Å². The topological polar surface area (TPSA) is 66.9 Å². The fourth-order valence-corrected chi connectivity index (χ4v) is 6.41. The van der Waals surface area contributed by atoms with E-state index in [2.05, 4.69) is 27.8 Å². The summed E-state index contributed by atoms with van der Waals surface area (Å²) < 4.78 is 27.2. The molecule has 2 aromatic rings. The molecule has 0 spiro atoms. The minimum Gasteiger partial charge on any atom is -0.481 e. The summed E-state index contributed by atoms with van der Waals surface area (Å²) in [6.45, 7) is 10.4. The number of anilines is 2. The lowest BCUT2D eigenvalue weighted by Gasteiger charge is -2.47. The Morgan fingerprint density at radius 2 is 1.92 bits per heavy atom. The first-order chi connectivity index (χ1) is 18.0. The zero-order chi connectivity index (χ0) is 25.5. The molecule has 0 saturated carbocycles. The molecular formula is C29H35FN4O3. The van der Waals surface area contributed by atoms with Gasteiger partial charge in [-0.05, 0) is 73.9 Å². The number of carbonyl (C=O) groups excluding carboxylic acids is 1. The molecule has 1 atom stereocenters. The molecule has 3 saturated heterocycles. The number of nitrogens with zero attached hydrogens (tertiary/aromatic N) is 3. The molecule has 4 aliphatic rings. The number of nitrogens with one attached hydrogen (secondary N) is 1. The maximum atomic E-state index is 15.4. The molecule has 196 valence electrons. The second kappa shape index (κ2) is 10.1. The number of ether oxygens (including phenoxy) is 2. The average Bonchev–Trinajstić information content (AvgIpc) is 3.04. The van der Waals surface area contributed by atoms with Gasteiger partial charge in [-0.25, -0.2) is 9.37 Å². The van der Waals surface area contributed by atoms with E-state index >= 15 is 4.39 Å². The summed E-state index contributed by atoms with van der Waals surface area (Å²) in [5.41, 5.74) is 3.87. The van der Waals surface area contributed by atoms with Gasteiger partial charge in [-0.3, -0.25) is 9.69 Å². The first-order valence-corrected chi connectivity index (χ1v) is 13.5. The molecule has 1 amide bonds. The number of amides is 1. The number of hydrogen-bond donors (Lipinski definition) is 1. The SMILES string of the molecule is C=CC(=O)N1CCC(N2CC(c3cc(F)c4c(c3)Nc3nccc(C5CCOCC5)c3[C@@H](C)O4)C2)CC1. The highest BCUT2D eigenvalue weighted by Crippen LogP contribution is 2.45. The maximum Gasteiger partial charge on any atom is 0.245 e. The van der Waals surface area contributed by atoms with E-state index in [1.54, 1.807) is 6.07 Å². The van der Waals surface area contributed by atoms with Crippen LogP contribution >= 0.6 is 0 Å². The highest BCUT2D eigenvalue weighted by Gasteiger charge is 2.37. The standard InChI is InChI=1S/C29H35FN4O3/c1-3-26(35)33-10-5-22(6-11-33)34-16-21(17-34)20-14-24(30)28-25(15-20)32-29-27(18(2)37-28)23(4-9-31-29)19-7-12-36-13-8-19/h3-4,9,14-15,18-19,21-22H,1,5-8,10-13,16-17H2,2H3,(H,31,32)/t18-/m1/s1. The molecule has 1 N–H and O–H groups in total. The van der Waals surface area contributed by atoms with Crippen molar-refractivity contribution in [3.63, 3.8) is 0 Å². The summed E-state index contributed by atoms with van der Waals surface area (Å²) in [5.74, 6) is 1.37. The Morgan fingerprint density at radius 1 is 1.16 bits per heavy atom. The van der Waals surface area contributed by atoms with Crippen molar-refractivity contribution >= 4 is 17.4 Å². The highest BCUT2D eigenvalue weighted by atomic mass is 19.1. The van der Waals surface area contributed by atoms with Crippen LogP contribution < -0.4 is 10.1 Å². The summed E-state index contributed by atoms with van der Waals surface area (Å²) in [5, 5.41) is 3.43. The zero-order valence-electron chi connectivity index (χ0n) is 21.4. The van der Waals surface area contributed by atoms with Crippen LogP contribution in [0.4, 0.5) is 15.9 Å². The largest absolute Gasteiger partial charge is 0.481 e. The van der Waals surface area contributed by atoms with Gasteiger partial charge in [0, 0.05) is 63.1 Å². The molecule has 1 aromatic heterocycles. The van der Waals surface area contributed by atoms with Crippen LogP contribution in [0.1, 0.15) is 67.2 Å². The van der Waals surface area contributed by atoms with Crippen LogP contribution in [0, 0.1) is 5.82 Å². The summed E-state index contributed by atoms with van der Waals surface area (Å²) in [6, 6.07) is 6.23. The number of hydrogen-bond acceptors (Lipinski definition) is 6. The normalized spacial score (nSPS) is 23.2. The van der Waals surface area contributed by atoms with E-state index in [9.17, 15) is 4.79 Å². The van der Waals surface area contributed by atoms with E-state index in [0.717, 1.165) is 82.0 Å². The zero-order valence-corrected chi connectivity index (χ0v) is 21.4. The van der Waals surface area contributed by atoms with Gasteiger partial charge in [0.25, 0.3) is 0 Å². The Labute approximate surface area is 217 Å². The molecule has 5 heterocycles. The molecule has 0 radical (unpaired) electrons. The second-order valence-corrected chi connectivity index (χ2v) is 10.7. The third kappa shape index (κ3) is 4.61. The number of likely N-dealkylation sites (tertiary alicyclic amines) is 2. The molecule has 37 heavy (non-hydrogen) atoms. The molecule has 4 aliphatic heterocycles. The molecule has 0 bridgehead atoms. The van der Waals surface area contributed by atoms with Crippen molar-refractivity contribution < 1.29 is 18.7 Å². The van der Waals surface area contributed by atoms with Crippen molar-refractivity contribution in [2.24, 2.45) is 0 Å². The highest BCUT2D eigenvalue weighted by molar-refractivity contribution is 5.87. The molecule has 7 nitrogen and oxygen atoms in total. The monoisotopic (exact) mass is 506 g/mol. The van der Waals surface area contributed by atoms with E-state index < -0.39 is 0 Å². The van der Waals surface area contributed by atoms with E-state index in [0.29, 0.717) is 17.6 Å². The van der Waals surface area contributed by atoms with Crippen molar-refractivity contribution in [1.82, 2.24) is 14.8 Å². The number of aromatic nitrogens is 1. The van der Waals surface area contributed by atoms with Gasteiger partial charge in [-0.15, -0.1) is 0 Å². The van der Waals surface area contributed by atoms with E-state index in [-0.39, 0.29) is 29.5 Å². The summed E-state index contributed by atoms with van der Waals surface area (Å²) in [6.07, 6.45) is 6.80. The molecular weight excluding hydrogens is 471 g/mol. The Bertz CT molecular complexity index is 1180. The van der Waals surface area contributed by atoms with Gasteiger partial charge < -0.3 is 19.7 Å². The van der Waals surface area contributed by atoms with Crippen LogP contribution in [-0.2, 0) is 9.53 Å². The van der Waals surface area contributed by atoms with Crippen molar-refractivity contribution in [3.8, 4) is 5.75 Å². The number of rotatable bonds is 4. The van der Waals surface area contributed by atoms with Crippen molar-refractivity contribution in [3.05, 3.63) is 59.6 Å². The molecule has 3 fully saturated rings. The lowest BCUT2D eigenvalue weighted by molar-refractivity contribution is -0.127. The summed E-state index contributed by atoms with van der Waals surface area (Å²) in [4.78, 5) is 20.8. The van der Waals surface area contributed by atoms with Crippen LogP contribution in [0.3, 0.4) is 0 Å². The molecule has 0 unspecified atom stereocenters. The number of pyridine rings is 1. The number of fused-ring (bicyclic) bond motifs is 2. The van der Waals surface area contributed by atoms with Crippen LogP contribution in [0.15, 0.2) is 37.1 Å². The minimum atomic E-state index is -0.332. The number of benzene rings is 1. The molecule has 6 rings (SSSR count). The maximum absolute atomic E-state index is 15.4. The van der Waals surface area contributed by atoms with E-state index in [1.807, 2.05) is 24.1 Å². The second-order valence-electron chi connectivity index (χ2n) is 10.7. The Balaban J connectivity index is 1.18. The third-order valence-corrected chi connectivity index (χ3v) is 8.55. The molecule has 0 aliphatic carbocycles. The quantitative estimate of drug-likeness (QED) is 0.596. The summed E-state index contributed by atoms with van der Waals surface area (Å²) >= 11 is 0. The van der Waals surface area contributed by atoms with Gasteiger partial charge in [0.15, 0.2) is 11.6 Å². The number of halogens is 1. The van der Waals surface area contributed by atoms with Crippen LogP contribution in [0.5, 0.6) is 5.75 Å². The minimum absolute atomic E-state index is 0.0142. The van der Waals surface area contributed by atoms with Gasteiger partial charge in [-0.1, -0.05) is 6.58 Å². The predicted molar refractivity (Wildman–Crippen MR) is 140 cm³/mol. The van der Waals surface area contributed by atoms with Gasteiger partial charge in [-0.2, -0.15) is 0 Å². The van der Waals surface area contributed by atoms with Gasteiger partial charge in [0.1, 0.15) is 11.9 Å². The Hall–Kier alpha value is -2.97. The molecule has 1 aromatic carbocycles. The number of piperidine rings is 1. The van der Waals surface area contributed by atoms with Gasteiger partial charge in [0.05, 0.1) is 5.69 Å². The van der Waals surface area contributed by atoms with Crippen molar-refractivity contribution in [1.29, 1.82) is 0 Å². The summed E-state index contributed by atoms with van der Waals surface area (Å²) in [7, 11) is 0. The van der Waals surface area contributed by atoms with Crippen LogP contribution in [-0.4, -0.2) is 66.1 Å². The fraction of sp³-hybridized carbons (Fsp3) is 0.517. The predicted octanol–water partition coefficient (Wildman–Crippen LogP) is 4.89. The average molecular weight is 507 g/mol. The van der Waals surface area contributed by atoms with E-state index in [1.165, 1.54) is 11.6 Å². The Morgan fingerprint density at radius 3 is 2.65 bits per heavy atom. The smallest absolute Gasteiger partial charge is 0.245 e. The Kier molecular flexibility index (Phi) is 6.63. The van der Waals surface area contributed by atoms with E-state index in [4.69, 9.17) is 9.47 Å². The number of carbonyl (C=O) groups is 1. The van der Waals surface area contributed by atoms with Crippen LogP contribution in [0.25, 0.3) is 0 Å². The van der Waals surface area contributed by atoms with Gasteiger partial charge >= 0.3 is 0 Å². The molecule has 8 heteroatoms. The lowest BCUT2D eigenvalue weighted by Crippen LogP contribution is -2.54. The van der Waals surface area contributed by atoms with Crippen molar-refractivity contribution in [2.45, 2.75) is 56.6 Å². The lowest BCUT2D eigenvalue weighted by atomic mass is 9.87. The first-order valence-electron chi connectivity index (χ1n) is 13.5.